The minimum atomic E-state index is 0.460. The number of nitrogens with zero attached hydrogens (tertiary/aromatic N) is 1. The van der Waals surface area contributed by atoms with E-state index >= 15 is 0 Å². The smallest absolute Gasteiger partial charge is 0.213 e. The molecule has 0 saturated heterocycles. The van der Waals surface area contributed by atoms with E-state index in [9.17, 15) is 0 Å². The van der Waals surface area contributed by atoms with Crippen molar-refractivity contribution in [1.82, 2.24) is 10.3 Å². The van der Waals surface area contributed by atoms with E-state index in [2.05, 4.69) is 22.4 Å². The number of aromatic nitrogens is 1. The van der Waals surface area contributed by atoms with E-state index in [0.717, 1.165) is 29.4 Å². The van der Waals surface area contributed by atoms with Crippen molar-refractivity contribution < 1.29 is 9.47 Å². The molecule has 0 fully saturated rings. The summed E-state index contributed by atoms with van der Waals surface area (Å²) in [7, 11) is 0. The number of benzene rings is 2. The fourth-order valence-electron chi connectivity index (χ4n) is 2.37. The standard InChI is InChI=1S/C21H21ClN2O2/c22-20-6-2-1-5-18(20)16-26-19-10-8-17(9-11-19)15-23-13-14-25-21-7-3-4-12-24-21/h1-12,23H,13-16H2. The molecule has 0 aliphatic heterocycles. The monoisotopic (exact) mass is 368 g/mol. The molecule has 0 amide bonds. The lowest BCUT2D eigenvalue weighted by atomic mass is 10.2. The van der Waals surface area contributed by atoms with E-state index in [4.69, 9.17) is 21.1 Å². The lowest BCUT2D eigenvalue weighted by molar-refractivity contribution is 0.301. The second kappa shape index (κ2) is 9.80. The Morgan fingerprint density at radius 1 is 0.885 bits per heavy atom. The second-order valence-corrected chi connectivity index (χ2v) is 6.12. The molecular weight excluding hydrogens is 348 g/mol. The summed E-state index contributed by atoms with van der Waals surface area (Å²) in [5.74, 6) is 1.47. The molecule has 0 spiro atoms. The van der Waals surface area contributed by atoms with Crippen LogP contribution in [0.5, 0.6) is 11.6 Å². The molecule has 0 unspecified atom stereocenters. The van der Waals surface area contributed by atoms with Crippen LogP contribution in [0.15, 0.2) is 72.9 Å². The number of hydrogen-bond donors (Lipinski definition) is 1. The van der Waals surface area contributed by atoms with E-state index in [0.29, 0.717) is 19.1 Å². The Balaban J connectivity index is 1.37. The fraction of sp³-hybridized carbons (Fsp3) is 0.190. The van der Waals surface area contributed by atoms with Gasteiger partial charge < -0.3 is 14.8 Å². The Kier molecular flexibility index (Phi) is 6.88. The van der Waals surface area contributed by atoms with E-state index in [1.165, 1.54) is 5.56 Å². The average molecular weight is 369 g/mol. The minimum absolute atomic E-state index is 0.460. The highest BCUT2D eigenvalue weighted by atomic mass is 35.5. The van der Waals surface area contributed by atoms with Crippen LogP contribution >= 0.6 is 11.6 Å². The molecule has 0 aliphatic rings. The van der Waals surface area contributed by atoms with Crippen LogP contribution < -0.4 is 14.8 Å². The molecule has 0 atom stereocenters. The van der Waals surface area contributed by atoms with Crippen LogP contribution in [0, 0.1) is 0 Å². The van der Waals surface area contributed by atoms with Gasteiger partial charge in [0.25, 0.3) is 0 Å². The third-order valence-electron chi connectivity index (χ3n) is 3.77. The SMILES string of the molecule is Clc1ccccc1COc1ccc(CNCCOc2ccccn2)cc1. The predicted molar refractivity (Wildman–Crippen MR) is 104 cm³/mol. The van der Waals surface area contributed by atoms with Crippen LogP contribution in [0.3, 0.4) is 0 Å². The van der Waals surface area contributed by atoms with Crippen LogP contribution in [0.2, 0.25) is 5.02 Å². The Morgan fingerprint density at radius 3 is 2.46 bits per heavy atom. The first-order valence-electron chi connectivity index (χ1n) is 8.51. The summed E-state index contributed by atoms with van der Waals surface area (Å²) in [5.41, 5.74) is 2.17. The van der Waals surface area contributed by atoms with Gasteiger partial charge in [-0.2, -0.15) is 0 Å². The quantitative estimate of drug-likeness (QED) is 0.565. The molecule has 2 aromatic carbocycles. The Hall–Kier alpha value is -2.56. The lowest BCUT2D eigenvalue weighted by Crippen LogP contribution is -2.20. The summed E-state index contributed by atoms with van der Waals surface area (Å²) in [6.07, 6.45) is 1.72. The normalized spacial score (nSPS) is 10.5. The highest BCUT2D eigenvalue weighted by Crippen LogP contribution is 2.19. The van der Waals surface area contributed by atoms with Crippen LogP contribution in [0.1, 0.15) is 11.1 Å². The highest BCUT2D eigenvalue weighted by Gasteiger charge is 2.01. The molecule has 1 aromatic heterocycles. The van der Waals surface area contributed by atoms with E-state index < -0.39 is 0 Å². The Bertz CT molecular complexity index is 795. The minimum Gasteiger partial charge on any atom is -0.489 e. The van der Waals surface area contributed by atoms with Gasteiger partial charge in [0, 0.05) is 35.9 Å². The zero-order valence-corrected chi connectivity index (χ0v) is 15.2. The molecule has 134 valence electrons. The van der Waals surface area contributed by atoms with Gasteiger partial charge in [-0.1, -0.05) is 48.0 Å². The summed E-state index contributed by atoms with van der Waals surface area (Å²) >= 11 is 6.14. The van der Waals surface area contributed by atoms with Crippen molar-refractivity contribution in [2.75, 3.05) is 13.2 Å². The number of nitrogens with one attached hydrogen (secondary N) is 1. The Morgan fingerprint density at radius 2 is 1.69 bits per heavy atom. The van der Waals surface area contributed by atoms with Gasteiger partial charge in [0.1, 0.15) is 19.0 Å². The molecule has 0 radical (unpaired) electrons. The van der Waals surface area contributed by atoms with Crippen molar-refractivity contribution in [3.63, 3.8) is 0 Å². The zero-order valence-electron chi connectivity index (χ0n) is 14.4. The van der Waals surface area contributed by atoms with Crippen molar-refractivity contribution in [1.29, 1.82) is 0 Å². The van der Waals surface area contributed by atoms with E-state index in [1.54, 1.807) is 6.20 Å². The van der Waals surface area contributed by atoms with Gasteiger partial charge in [-0.15, -0.1) is 0 Å². The molecule has 4 nitrogen and oxygen atoms in total. The third kappa shape index (κ3) is 5.76. The van der Waals surface area contributed by atoms with Crippen molar-refractivity contribution in [3.8, 4) is 11.6 Å². The number of pyridine rings is 1. The molecule has 5 heteroatoms. The van der Waals surface area contributed by atoms with Crippen LogP contribution in [-0.4, -0.2) is 18.1 Å². The van der Waals surface area contributed by atoms with Gasteiger partial charge in [-0.25, -0.2) is 4.98 Å². The van der Waals surface area contributed by atoms with Crippen LogP contribution in [0.4, 0.5) is 0 Å². The molecule has 1 N–H and O–H groups in total. The van der Waals surface area contributed by atoms with E-state index in [1.807, 2.05) is 54.6 Å². The zero-order chi connectivity index (χ0) is 18.0. The molecule has 0 bridgehead atoms. The maximum atomic E-state index is 6.14. The summed E-state index contributed by atoms with van der Waals surface area (Å²) < 4.78 is 11.3. The van der Waals surface area contributed by atoms with Gasteiger partial charge >= 0.3 is 0 Å². The van der Waals surface area contributed by atoms with Gasteiger partial charge in [0.05, 0.1) is 0 Å². The Labute approximate surface area is 158 Å². The van der Waals surface area contributed by atoms with Gasteiger partial charge in [-0.3, -0.25) is 0 Å². The first-order valence-corrected chi connectivity index (χ1v) is 8.89. The summed E-state index contributed by atoms with van der Waals surface area (Å²) in [4.78, 5) is 4.12. The van der Waals surface area contributed by atoms with Crippen molar-refractivity contribution in [2.45, 2.75) is 13.2 Å². The highest BCUT2D eigenvalue weighted by molar-refractivity contribution is 6.31. The third-order valence-corrected chi connectivity index (χ3v) is 4.14. The first-order chi connectivity index (χ1) is 12.8. The van der Waals surface area contributed by atoms with E-state index in [-0.39, 0.29) is 0 Å². The summed E-state index contributed by atoms with van der Waals surface area (Å²) in [6, 6.07) is 21.4. The molecule has 3 rings (SSSR count). The number of rotatable bonds is 9. The van der Waals surface area contributed by atoms with Gasteiger partial charge in [0.15, 0.2) is 0 Å². The van der Waals surface area contributed by atoms with Crippen molar-refractivity contribution in [2.24, 2.45) is 0 Å². The first kappa shape index (κ1) is 18.2. The maximum absolute atomic E-state index is 6.14. The maximum Gasteiger partial charge on any atom is 0.213 e. The molecule has 3 aromatic rings. The predicted octanol–water partition coefficient (Wildman–Crippen LogP) is 4.48. The second-order valence-electron chi connectivity index (χ2n) is 5.72. The fourth-order valence-corrected chi connectivity index (χ4v) is 2.56. The number of hydrogen-bond acceptors (Lipinski definition) is 4. The van der Waals surface area contributed by atoms with Gasteiger partial charge in [0.2, 0.25) is 5.88 Å². The van der Waals surface area contributed by atoms with Gasteiger partial charge in [-0.05, 0) is 29.8 Å². The molecule has 1 heterocycles. The lowest BCUT2D eigenvalue weighted by Gasteiger charge is -2.09. The average Bonchev–Trinajstić information content (AvgIpc) is 2.69. The van der Waals surface area contributed by atoms with Crippen LogP contribution in [-0.2, 0) is 13.2 Å². The van der Waals surface area contributed by atoms with Crippen molar-refractivity contribution in [3.05, 3.63) is 89.1 Å². The summed E-state index contributed by atoms with van der Waals surface area (Å²) in [6.45, 7) is 2.57. The largest absolute Gasteiger partial charge is 0.489 e. The number of ether oxygens (including phenoxy) is 2. The molecular formula is C21H21ClN2O2. The molecule has 26 heavy (non-hydrogen) atoms. The van der Waals surface area contributed by atoms with Crippen molar-refractivity contribution >= 4 is 11.6 Å². The summed E-state index contributed by atoms with van der Waals surface area (Å²) in [5, 5.41) is 4.07. The molecule has 0 aliphatic carbocycles. The topological polar surface area (TPSA) is 43.4 Å². The number of halogens is 1. The van der Waals surface area contributed by atoms with Crippen LogP contribution in [0.25, 0.3) is 0 Å². The molecule has 0 saturated carbocycles.